The average Bonchev–Trinajstić information content (AvgIpc) is 2.38. The van der Waals surface area contributed by atoms with Gasteiger partial charge in [-0.15, -0.1) is 0 Å². The average molecular weight is 314 g/mol. The van der Waals surface area contributed by atoms with E-state index in [1.807, 2.05) is 0 Å². The fourth-order valence-corrected chi connectivity index (χ4v) is 2.40. The highest BCUT2D eigenvalue weighted by atomic mass is 32.2. The Hall–Kier alpha value is -1.93. The van der Waals surface area contributed by atoms with Crippen LogP contribution in [0.15, 0.2) is 23.1 Å². The van der Waals surface area contributed by atoms with E-state index < -0.39 is 28.0 Å². The summed E-state index contributed by atoms with van der Waals surface area (Å²) in [4.78, 5) is 22.9. The molecule has 2 N–H and O–H groups in total. The summed E-state index contributed by atoms with van der Waals surface area (Å²) in [6.07, 6.45) is -1.09. The summed E-state index contributed by atoms with van der Waals surface area (Å²) >= 11 is 0. The predicted molar refractivity (Wildman–Crippen MR) is 76.1 cm³/mol. The van der Waals surface area contributed by atoms with Crippen LogP contribution in [0.3, 0.4) is 0 Å². The van der Waals surface area contributed by atoms with E-state index in [1.54, 1.807) is 6.92 Å². The number of amides is 1. The van der Waals surface area contributed by atoms with E-state index in [0.717, 1.165) is 4.31 Å². The van der Waals surface area contributed by atoms with Gasteiger partial charge in [0.25, 0.3) is 5.91 Å². The van der Waals surface area contributed by atoms with Crippen molar-refractivity contribution in [3.63, 3.8) is 0 Å². The lowest BCUT2D eigenvalue weighted by Crippen LogP contribution is -2.30. The molecule has 0 saturated heterocycles. The number of sulfonamides is 1. The lowest BCUT2D eigenvalue weighted by Gasteiger charge is -2.14. The van der Waals surface area contributed by atoms with Gasteiger partial charge in [0.15, 0.2) is 6.10 Å². The number of carbonyl (C=O) groups is 2. The van der Waals surface area contributed by atoms with Gasteiger partial charge < -0.3 is 10.5 Å². The van der Waals surface area contributed by atoms with Crippen LogP contribution in [0.2, 0.25) is 0 Å². The molecule has 7 nitrogen and oxygen atoms in total. The summed E-state index contributed by atoms with van der Waals surface area (Å²) in [5, 5.41) is 0. The van der Waals surface area contributed by atoms with Crippen molar-refractivity contribution in [2.24, 2.45) is 5.73 Å². The van der Waals surface area contributed by atoms with Crippen molar-refractivity contribution in [2.45, 2.75) is 24.8 Å². The molecule has 1 aromatic carbocycles. The van der Waals surface area contributed by atoms with Crippen molar-refractivity contribution in [3.05, 3.63) is 29.3 Å². The minimum atomic E-state index is -3.66. The molecule has 1 atom stereocenters. The third-order valence-corrected chi connectivity index (χ3v) is 4.70. The number of hydrogen-bond acceptors (Lipinski definition) is 5. The third-order valence-electron chi connectivity index (χ3n) is 2.89. The largest absolute Gasteiger partial charge is 0.449 e. The molecule has 1 amide bonds. The number of esters is 1. The van der Waals surface area contributed by atoms with E-state index in [4.69, 9.17) is 10.5 Å². The number of nitrogens with zero attached hydrogens (tertiary/aromatic N) is 1. The molecule has 0 radical (unpaired) electrons. The van der Waals surface area contributed by atoms with Crippen LogP contribution < -0.4 is 5.73 Å². The molecule has 0 unspecified atom stereocenters. The molecule has 0 aliphatic heterocycles. The van der Waals surface area contributed by atoms with Crippen LogP contribution >= 0.6 is 0 Å². The number of primary amides is 1. The Balaban J connectivity index is 3.20. The number of hydrogen-bond donors (Lipinski definition) is 1. The SMILES string of the molecule is Cc1ccc(S(=O)(=O)N(C)C)cc1C(=O)O[C@@H](C)C(N)=O. The van der Waals surface area contributed by atoms with Gasteiger partial charge in [0.05, 0.1) is 10.5 Å². The zero-order chi connectivity index (χ0) is 16.4. The van der Waals surface area contributed by atoms with Crippen LogP contribution in [0.5, 0.6) is 0 Å². The second-order valence-corrected chi connectivity index (χ2v) is 6.87. The summed E-state index contributed by atoms with van der Waals surface area (Å²) < 4.78 is 30.0. The van der Waals surface area contributed by atoms with Crippen LogP contribution in [-0.4, -0.2) is 44.8 Å². The monoisotopic (exact) mass is 314 g/mol. The molecular formula is C13H18N2O5S. The fourth-order valence-electron chi connectivity index (χ4n) is 1.47. The number of rotatable bonds is 5. The molecule has 0 saturated carbocycles. The summed E-state index contributed by atoms with van der Waals surface area (Å²) in [5.74, 6) is -1.58. The first kappa shape index (κ1) is 17.1. The zero-order valence-corrected chi connectivity index (χ0v) is 13.1. The van der Waals surface area contributed by atoms with Gasteiger partial charge in [0.1, 0.15) is 0 Å². The number of aryl methyl sites for hydroxylation is 1. The maximum atomic E-state index is 12.0. The van der Waals surface area contributed by atoms with Gasteiger partial charge in [-0.3, -0.25) is 4.79 Å². The van der Waals surface area contributed by atoms with Crippen LogP contribution in [0.4, 0.5) is 0 Å². The quantitative estimate of drug-likeness (QED) is 0.785. The van der Waals surface area contributed by atoms with Crippen molar-refractivity contribution in [1.82, 2.24) is 4.31 Å². The third kappa shape index (κ3) is 3.79. The summed E-state index contributed by atoms with van der Waals surface area (Å²) in [5.41, 5.74) is 5.63. The number of ether oxygens (including phenoxy) is 1. The Morgan fingerprint density at radius 1 is 1.29 bits per heavy atom. The molecule has 8 heteroatoms. The van der Waals surface area contributed by atoms with Gasteiger partial charge in [0, 0.05) is 14.1 Å². The second kappa shape index (κ2) is 6.23. The van der Waals surface area contributed by atoms with Gasteiger partial charge in [-0.1, -0.05) is 6.07 Å². The molecule has 116 valence electrons. The Morgan fingerprint density at radius 3 is 2.33 bits per heavy atom. The molecule has 1 rings (SSSR count). The standard InChI is InChI=1S/C13H18N2O5S/c1-8-5-6-10(21(18,19)15(3)4)7-11(8)13(17)20-9(2)12(14)16/h5-7,9H,1-4H3,(H2,14,16)/t9-/m0/s1. The maximum absolute atomic E-state index is 12.0. The molecule has 0 spiro atoms. The first-order valence-corrected chi connectivity index (χ1v) is 7.55. The minimum absolute atomic E-state index is 0.0308. The van der Waals surface area contributed by atoms with Crippen molar-refractivity contribution in [3.8, 4) is 0 Å². The second-order valence-electron chi connectivity index (χ2n) is 4.71. The van der Waals surface area contributed by atoms with Gasteiger partial charge >= 0.3 is 5.97 Å². The van der Waals surface area contributed by atoms with Crippen molar-refractivity contribution in [1.29, 1.82) is 0 Å². The molecule has 0 aliphatic carbocycles. The Morgan fingerprint density at radius 2 is 1.86 bits per heavy atom. The van der Waals surface area contributed by atoms with E-state index in [-0.39, 0.29) is 10.5 Å². The Labute approximate surface area is 123 Å². The zero-order valence-electron chi connectivity index (χ0n) is 12.3. The highest BCUT2D eigenvalue weighted by Gasteiger charge is 2.22. The topological polar surface area (TPSA) is 107 Å². The molecule has 0 bridgehead atoms. The lowest BCUT2D eigenvalue weighted by molar-refractivity contribution is -0.125. The van der Waals surface area contributed by atoms with Crippen LogP contribution in [0.1, 0.15) is 22.8 Å². The molecule has 21 heavy (non-hydrogen) atoms. The summed E-state index contributed by atoms with van der Waals surface area (Å²) in [6.45, 7) is 2.98. The highest BCUT2D eigenvalue weighted by molar-refractivity contribution is 7.89. The Bertz CT molecular complexity index is 667. The van der Waals surface area contributed by atoms with Gasteiger partial charge in [-0.2, -0.15) is 0 Å². The normalized spacial score (nSPS) is 13.0. The molecular weight excluding hydrogens is 296 g/mol. The van der Waals surface area contributed by atoms with Gasteiger partial charge in [-0.25, -0.2) is 17.5 Å². The first-order chi connectivity index (χ1) is 9.57. The van der Waals surface area contributed by atoms with Crippen molar-refractivity contribution in [2.75, 3.05) is 14.1 Å². The van der Waals surface area contributed by atoms with Crippen molar-refractivity contribution < 1.29 is 22.7 Å². The van der Waals surface area contributed by atoms with E-state index in [9.17, 15) is 18.0 Å². The van der Waals surface area contributed by atoms with Gasteiger partial charge in [-0.05, 0) is 31.5 Å². The lowest BCUT2D eigenvalue weighted by atomic mass is 10.1. The van der Waals surface area contributed by atoms with E-state index in [1.165, 1.54) is 39.2 Å². The molecule has 0 aliphatic rings. The highest BCUT2D eigenvalue weighted by Crippen LogP contribution is 2.19. The van der Waals surface area contributed by atoms with Crippen LogP contribution in [-0.2, 0) is 19.6 Å². The summed E-state index contributed by atoms with van der Waals surface area (Å²) in [7, 11) is -0.878. The van der Waals surface area contributed by atoms with E-state index in [2.05, 4.69) is 0 Å². The van der Waals surface area contributed by atoms with Crippen molar-refractivity contribution >= 4 is 21.9 Å². The van der Waals surface area contributed by atoms with Crippen LogP contribution in [0, 0.1) is 6.92 Å². The fraction of sp³-hybridized carbons (Fsp3) is 0.385. The molecule has 0 fully saturated rings. The van der Waals surface area contributed by atoms with E-state index in [0.29, 0.717) is 5.56 Å². The number of carbonyl (C=O) groups excluding carboxylic acids is 2. The predicted octanol–water partition coefficient (Wildman–Crippen LogP) is 0.276. The minimum Gasteiger partial charge on any atom is -0.449 e. The summed E-state index contributed by atoms with van der Waals surface area (Å²) in [6, 6.07) is 4.13. The van der Waals surface area contributed by atoms with E-state index >= 15 is 0 Å². The number of nitrogens with two attached hydrogens (primary N) is 1. The van der Waals surface area contributed by atoms with Crippen LogP contribution in [0.25, 0.3) is 0 Å². The first-order valence-electron chi connectivity index (χ1n) is 6.11. The maximum Gasteiger partial charge on any atom is 0.339 e. The Kier molecular flexibility index (Phi) is 5.08. The molecule has 0 heterocycles. The smallest absolute Gasteiger partial charge is 0.339 e. The number of benzene rings is 1. The molecule has 1 aromatic rings. The van der Waals surface area contributed by atoms with Gasteiger partial charge in [0.2, 0.25) is 10.0 Å². The molecule has 0 aromatic heterocycles.